The Balaban J connectivity index is 2.25. The molecule has 2 amide bonds. The van der Waals surface area contributed by atoms with Crippen molar-refractivity contribution in [3.63, 3.8) is 0 Å². The average Bonchev–Trinajstić information content (AvgIpc) is 2.55. The van der Waals surface area contributed by atoms with Gasteiger partial charge in [-0.3, -0.25) is 4.90 Å². The van der Waals surface area contributed by atoms with E-state index in [9.17, 15) is 13.2 Å². The van der Waals surface area contributed by atoms with Gasteiger partial charge in [-0.1, -0.05) is 35.9 Å². The minimum atomic E-state index is -4.02. The summed E-state index contributed by atoms with van der Waals surface area (Å²) < 4.78 is 26.7. The zero-order valence-corrected chi connectivity index (χ0v) is 14.5. The van der Waals surface area contributed by atoms with E-state index in [0.717, 1.165) is 9.87 Å². The molecule has 124 valence electrons. The maximum Gasteiger partial charge on any atom is 0.343 e. The van der Waals surface area contributed by atoms with Crippen LogP contribution in [0.5, 0.6) is 0 Å². The Bertz CT molecular complexity index is 941. The Labute approximate surface area is 145 Å². The Morgan fingerprint density at radius 3 is 2.58 bits per heavy atom. The summed E-state index contributed by atoms with van der Waals surface area (Å²) in [6, 6.07) is 10.5. The first kappa shape index (κ1) is 16.5. The summed E-state index contributed by atoms with van der Waals surface area (Å²) in [7, 11) is -4.02. The molecule has 2 aromatic rings. The van der Waals surface area contributed by atoms with Crippen LogP contribution >= 0.6 is 11.6 Å². The number of anilines is 2. The number of fused-ring (bicyclic) bond motifs is 1. The lowest BCUT2D eigenvalue weighted by molar-refractivity contribution is 0.254. The van der Waals surface area contributed by atoms with E-state index in [1.54, 1.807) is 43.3 Å². The predicted octanol–water partition coefficient (Wildman–Crippen LogP) is 3.97. The molecule has 1 heterocycles. The molecular weight excluding hydrogens is 348 g/mol. The van der Waals surface area contributed by atoms with Gasteiger partial charge in [0, 0.05) is 11.6 Å². The third-order valence-corrected chi connectivity index (χ3v) is 5.94. The Kier molecular flexibility index (Phi) is 4.11. The zero-order chi connectivity index (χ0) is 17.5. The van der Waals surface area contributed by atoms with E-state index < -0.39 is 16.1 Å². The second-order valence-corrected chi connectivity index (χ2v) is 7.51. The van der Waals surface area contributed by atoms with Gasteiger partial charge in [-0.25, -0.2) is 13.2 Å². The van der Waals surface area contributed by atoms with Crippen LogP contribution in [0.3, 0.4) is 0 Å². The SMILES string of the molecule is C=CCN1C(=O)N(c2ccc(C)c(Cl)c2)S(=O)(=O)c2ccccc21. The molecule has 0 fully saturated rings. The quantitative estimate of drug-likeness (QED) is 0.776. The number of aryl methyl sites for hydroxylation is 1. The topological polar surface area (TPSA) is 57.7 Å². The summed E-state index contributed by atoms with van der Waals surface area (Å²) in [5.74, 6) is 0. The number of hydrogen-bond acceptors (Lipinski definition) is 3. The molecule has 1 aliphatic heterocycles. The van der Waals surface area contributed by atoms with Gasteiger partial charge in [-0.05, 0) is 36.8 Å². The molecule has 0 spiro atoms. The molecule has 2 aromatic carbocycles. The van der Waals surface area contributed by atoms with Crippen molar-refractivity contribution in [2.45, 2.75) is 11.8 Å². The highest BCUT2D eigenvalue weighted by Gasteiger charge is 2.42. The van der Waals surface area contributed by atoms with Gasteiger partial charge < -0.3 is 0 Å². The van der Waals surface area contributed by atoms with E-state index >= 15 is 0 Å². The maximum atomic E-state index is 13.0. The van der Waals surface area contributed by atoms with E-state index in [0.29, 0.717) is 10.7 Å². The first-order valence-electron chi connectivity index (χ1n) is 7.21. The van der Waals surface area contributed by atoms with Gasteiger partial charge >= 0.3 is 6.03 Å². The molecule has 0 aromatic heterocycles. The molecule has 24 heavy (non-hydrogen) atoms. The minimum absolute atomic E-state index is 0.0724. The van der Waals surface area contributed by atoms with E-state index in [-0.39, 0.29) is 17.1 Å². The second-order valence-electron chi connectivity index (χ2n) is 5.35. The number of sulfonamides is 1. The highest BCUT2D eigenvalue weighted by Crippen LogP contribution is 2.37. The standard InChI is InChI=1S/C17H15ClN2O3S/c1-3-10-19-15-6-4-5-7-16(15)24(22,23)20(17(19)21)13-9-8-12(2)14(18)11-13/h3-9,11H,1,10H2,2H3. The van der Waals surface area contributed by atoms with Crippen molar-refractivity contribution in [2.24, 2.45) is 0 Å². The highest BCUT2D eigenvalue weighted by molar-refractivity contribution is 7.94. The number of nitrogens with zero attached hydrogens (tertiary/aromatic N) is 2. The van der Waals surface area contributed by atoms with Gasteiger partial charge in [0.05, 0.1) is 11.4 Å². The van der Waals surface area contributed by atoms with Crippen molar-refractivity contribution >= 4 is 39.0 Å². The minimum Gasteiger partial charge on any atom is -0.288 e. The average molecular weight is 363 g/mol. The van der Waals surface area contributed by atoms with E-state index in [1.165, 1.54) is 17.0 Å². The summed E-state index contributed by atoms with van der Waals surface area (Å²) in [6.07, 6.45) is 1.55. The molecular formula is C17H15ClN2O3S. The second kappa shape index (κ2) is 5.96. The van der Waals surface area contributed by atoms with Crippen LogP contribution in [0.2, 0.25) is 5.02 Å². The summed E-state index contributed by atoms with van der Waals surface area (Å²) in [5.41, 5.74) is 1.35. The number of carbonyl (C=O) groups excluding carboxylic acids is 1. The number of hydrogen-bond donors (Lipinski definition) is 0. The Hall–Kier alpha value is -2.31. The van der Waals surface area contributed by atoms with Crippen LogP contribution in [0.25, 0.3) is 0 Å². The molecule has 0 saturated heterocycles. The lowest BCUT2D eigenvalue weighted by atomic mass is 10.2. The predicted molar refractivity (Wildman–Crippen MR) is 95.2 cm³/mol. The van der Waals surface area contributed by atoms with Gasteiger partial charge in [0.1, 0.15) is 4.90 Å². The van der Waals surface area contributed by atoms with Gasteiger partial charge in [0.15, 0.2) is 0 Å². The lowest BCUT2D eigenvalue weighted by Gasteiger charge is -2.35. The number of para-hydroxylation sites is 1. The van der Waals surface area contributed by atoms with Gasteiger partial charge in [0.2, 0.25) is 0 Å². The fourth-order valence-corrected chi connectivity index (χ4v) is 4.33. The van der Waals surface area contributed by atoms with E-state index in [4.69, 9.17) is 11.6 Å². The first-order valence-corrected chi connectivity index (χ1v) is 9.02. The third kappa shape index (κ3) is 2.48. The molecule has 7 heteroatoms. The van der Waals surface area contributed by atoms with E-state index in [2.05, 4.69) is 6.58 Å². The largest absolute Gasteiger partial charge is 0.343 e. The normalized spacial score (nSPS) is 16.0. The summed E-state index contributed by atoms with van der Waals surface area (Å²) in [5, 5.41) is 0.393. The van der Waals surface area contributed by atoms with E-state index in [1.807, 2.05) is 0 Å². The molecule has 0 bridgehead atoms. The van der Waals surface area contributed by atoms with Gasteiger partial charge in [-0.15, -0.1) is 6.58 Å². The van der Waals surface area contributed by atoms with Crippen LogP contribution in [0, 0.1) is 6.92 Å². The Morgan fingerprint density at radius 2 is 1.92 bits per heavy atom. The van der Waals surface area contributed by atoms with Gasteiger partial charge in [-0.2, -0.15) is 4.31 Å². The molecule has 1 aliphatic rings. The summed E-state index contributed by atoms with van der Waals surface area (Å²) >= 11 is 6.11. The van der Waals surface area contributed by atoms with Crippen molar-refractivity contribution in [3.05, 3.63) is 65.7 Å². The summed E-state index contributed by atoms with van der Waals surface area (Å²) in [6.45, 7) is 5.64. The monoisotopic (exact) mass is 362 g/mol. The fourth-order valence-electron chi connectivity index (χ4n) is 2.57. The fraction of sp³-hybridized carbons (Fsp3) is 0.118. The number of carbonyl (C=O) groups is 1. The smallest absolute Gasteiger partial charge is 0.288 e. The first-order chi connectivity index (χ1) is 11.4. The molecule has 0 aliphatic carbocycles. The number of halogens is 1. The van der Waals surface area contributed by atoms with Crippen LogP contribution in [0.15, 0.2) is 60.0 Å². The molecule has 0 atom stereocenters. The van der Waals surface area contributed by atoms with Crippen LogP contribution < -0.4 is 9.21 Å². The number of amides is 2. The maximum absolute atomic E-state index is 13.0. The van der Waals surface area contributed by atoms with Gasteiger partial charge in [0.25, 0.3) is 10.0 Å². The lowest BCUT2D eigenvalue weighted by Crippen LogP contribution is -2.51. The number of benzene rings is 2. The van der Waals surface area contributed by atoms with Crippen molar-refractivity contribution in [3.8, 4) is 0 Å². The molecule has 0 saturated carbocycles. The van der Waals surface area contributed by atoms with Crippen molar-refractivity contribution in [1.29, 1.82) is 0 Å². The zero-order valence-electron chi connectivity index (χ0n) is 12.9. The third-order valence-electron chi connectivity index (χ3n) is 3.78. The molecule has 0 unspecified atom stereocenters. The van der Waals surface area contributed by atoms with Crippen molar-refractivity contribution in [1.82, 2.24) is 0 Å². The number of urea groups is 1. The van der Waals surface area contributed by atoms with Crippen LogP contribution in [0.4, 0.5) is 16.2 Å². The highest BCUT2D eigenvalue weighted by atomic mass is 35.5. The summed E-state index contributed by atoms with van der Waals surface area (Å²) in [4.78, 5) is 14.3. The molecule has 5 nitrogen and oxygen atoms in total. The van der Waals surface area contributed by atoms with Crippen molar-refractivity contribution < 1.29 is 13.2 Å². The van der Waals surface area contributed by atoms with Crippen molar-refractivity contribution in [2.75, 3.05) is 15.7 Å². The molecule has 0 radical (unpaired) electrons. The van der Waals surface area contributed by atoms with Crippen LogP contribution in [-0.2, 0) is 10.0 Å². The number of rotatable bonds is 3. The van der Waals surface area contributed by atoms with Crippen LogP contribution in [0.1, 0.15) is 5.56 Å². The van der Waals surface area contributed by atoms with Crippen LogP contribution in [-0.4, -0.2) is 21.0 Å². The Morgan fingerprint density at radius 1 is 1.21 bits per heavy atom. The molecule has 3 rings (SSSR count). The molecule has 0 N–H and O–H groups in total.